The molecule has 50 heavy (non-hydrogen) atoms. The van der Waals surface area contributed by atoms with Crippen molar-refractivity contribution in [1.29, 1.82) is 0 Å². The number of benzene rings is 6. The third kappa shape index (κ3) is 4.69. The van der Waals surface area contributed by atoms with Crippen LogP contribution >= 0.6 is 11.3 Å². The molecule has 0 saturated carbocycles. The van der Waals surface area contributed by atoms with Crippen molar-refractivity contribution in [1.82, 2.24) is 9.97 Å². The molecule has 2 aromatic heterocycles. The molecule has 6 aromatic carbocycles. The summed E-state index contributed by atoms with van der Waals surface area (Å²) in [5.74, 6) is 0.379. The molecule has 0 bridgehead atoms. The molecule has 0 radical (unpaired) electrons. The van der Waals surface area contributed by atoms with Crippen LogP contribution in [0.25, 0.3) is 71.1 Å². The van der Waals surface area contributed by atoms with Crippen molar-refractivity contribution in [3.05, 3.63) is 173 Å². The van der Waals surface area contributed by atoms with Crippen LogP contribution in [0.3, 0.4) is 0 Å². The predicted octanol–water partition coefficient (Wildman–Crippen LogP) is 12.6. The predicted molar refractivity (Wildman–Crippen MR) is 213 cm³/mol. The first-order valence-electron chi connectivity index (χ1n) is 17.5. The van der Waals surface area contributed by atoms with Crippen molar-refractivity contribution in [3.8, 4) is 22.4 Å². The molecular weight excluding hydrogens is 625 g/mol. The summed E-state index contributed by atoms with van der Waals surface area (Å²) in [6.07, 6.45) is 17.8. The monoisotopic (exact) mass is 658 g/mol. The number of hydrogen-bond donors (Lipinski definition) is 0. The molecule has 0 fully saturated rings. The minimum Gasteiger partial charge on any atom is -0.252 e. The van der Waals surface area contributed by atoms with Gasteiger partial charge in [0.05, 0.1) is 22.9 Å². The van der Waals surface area contributed by atoms with Crippen molar-refractivity contribution < 1.29 is 0 Å². The summed E-state index contributed by atoms with van der Waals surface area (Å²) in [5, 5.41) is 6.08. The Labute approximate surface area is 295 Å². The van der Waals surface area contributed by atoms with E-state index in [0.717, 1.165) is 45.9 Å². The largest absolute Gasteiger partial charge is 0.252 e. The van der Waals surface area contributed by atoms with Gasteiger partial charge in [-0.2, -0.15) is 0 Å². The van der Waals surface area contributed by atoms with Gasteiger partial charge in [-0.3, -0.25) is 4.98 Å². The Morgan fingerprint density at radius 1 is 0.700 bits per heavy atom. The summed E-state index contributed by atoms with van der Waals surface area (Å²) in [7, 11) is 0. The second kappa shape index (κ2) is 11.5. The Morgan fingerprint density at radius 2 is 1.44 bits per heavy atom. The van der Waals surface area contributed by atoms with Crippen LogP contribution in [-0.2, 0) is 11.8 Å². The van der Waals surface area contributed by atoms with Crippen LogP contribution in [0.1, 0.15) is 40.8 Å². The van der Waals surface area contributed by atoms with Gasteiger partial charge in [0, 0.05) is 37.2 Å². The number of thiophene rings is 1. The maximum atomic E-state index is 5.33. The van der Waals surface area contributed by atoms with Gasteiger partial charge in [-0.15, -0.1) is 11.3 Å². The van der Waals surface area contributed by atoms with Crippen molar-refractivity contribution in [2.24, 2.45) is 0 Å². The Hall–Kier alpha value is -5.64. The lowest BCUT2D eigenvalue weighted by molar-refractivity contribution is 0.601. The average Bonchev–Trinajstić information content (AvgIpc) is 3.56. The van der Waals surface area contributed by atoms with Crippen molar-refractivity contribution >= 4 is 60.1 Å². The Kier molecular flexibility index (Phi) is 6.72. The van der Waals surface area contributed by atoms with Crippen LogP contribution in [0.4, 0.5) is 0 Å². The molecule has 2 heterocycles. The highest BCUT2D eigenvalue weighted by atomic mass is 32.1. The summed E-state index contributed by atoms with van der Waals surface area (Å²) in [5.41, 5.74) is 10.5. The topological polar surface area (TPSA) is 25.8 Å². The van der Waals surface area contributed by atoms with Crippen LogP contribution in [-0.4, -0.2) is 9.97 Å². The zero-order chi connectivity index (χ0) is 33.2. The standard InChI is InChI=1S/C47H34N2S/c1-47(23-10-3-11-24-47)34-27-39(46-41(28-34)40-26-31(21-22-43(40)50-46)30-13-4-2-5-14-30)32-15-12-16-33(25-32)42-29-48-44-37-19-8-6-17-35(37)36-18-7-9-20-38(36)45(44)49-42/h2-23,25,27-29,31H,24,26H2,1H3. The first-order valence-corrected chi connectivity index (χ1v) is 18.3. The fourth-order valence-corrected chi connectivity index (χ4v) is 9.39. The molecule has 238 valence electrons. The van der Waals surface area contributed by atoms with Crippen LogP contribution in [0.15, 0.2) is 152 Å². The van der Waals surface area contributed by atoms with E-state index in [9.17, 15) is 0 Å². The fourth-order valence-electron chi connectivity index (χ4n) is 8.13. The van der Waals surface area contributed by atoms with E-state index in [1.807, 2.05) is 17.5 Å². The molecular formula is C47H34N2S. The molecule has 8 aromatic rings. The SMILES string of the molecule is CC1(c2cc(-c3cccc(-c4cnc5c6ccccc6c6ccccc6c5n4)c3)c3sc4c(c3c2)CC(c2ccccc2)C=C4)C=CC=CC1. The molecule has 2 aliphatic carbocycles. The number of rotatable bonds is 4. The van der Waals surface area contributed by atoms with Gasteiger partial charge in [-0.1, -0.05) is 134 Å². The lowest BCUT2D eigenvalue weighted by Crippen LogP contribution is -2.19. The molecule has 0 aliphatic heterocycles. The molecule has 2 aliphatic rings. The lowest BCUT2D eigenvalue weighted by Gasteiger charge is -2.28. The number of hydrogen-bond acceptors (Lipinski definition) is 3. The van der Waals surface area contributed by atoms with Gasteiger partial charge >= 0.3 is 0 Å². The maximum absolute atomic E-state index is 5.33. The highest BCUT2D eigenvalue weighted by Gasteiger charge is 2.28. The van der Waals surface area contributed by atoms with Crippen LogP contribution in [0.5, 0.6) is 0 Å². The third-order valence-electron chi connectivity index (χ3n) is 10.9. The van der Waals surface area contributed by atoms with Gasteiger partial charge in [-0.05, 0) is 81.1 Å². The van der Waals surface area contributed by atoms with Gasteiger partial charge in [0.15, 0.2) is 0 Å². The van der Waals surface area contributed by atoms with E-state index >= 15 is 0 Å². The molecule has 10 rings (SSSR count). The highest BCUT2D eigenvalue weighted by Crippen LogP contribution is 2.47. The minimum atomic E-state index is -0.0683. The first kappa shape index (κ1) is 29.3. The van der Waals surface area contributed by atoms with E-state index in [0.29, 0.717) is 5.92 Å². The number of nitrogens with zero attached hydrogens (tertiary/aromatic N) is 2. The van der Waals surface area contributed by atoms with Gasteiger partial charge in [0.1, 0.15) is 0 Å². The van der Waals surface area contributed by atoms with E-state index < -0.39 is 0 Å². The van der Waals surface area contributed by atoms with E-state index in [1.165, 1.54) is 53.6 Å². The molecule has 0 spiro atoms. The van der Waals surface area contributed by atoms with Crippen molar-refractivity contribution in [2.45, 2.75) is 31.1 Å². The molecule has 3 heteroatoms. The Balaban J connectivity index is 1.15. The van der Waals surface area contributed by atoms with E-state index in [2.05, 4.69) is 159 Å². The Morgan fingerprint density at radius 3 is 2.22 bits per heavy atom. The maximum Gasteiger partial charge on any atom is 0.0979 e. The second-order valence-corrected chi connectivity index (χ2v) is 15.0. The van der Waals surface area contributed by atoms with Crippen molar-refractivity contribution in [2.75, 3.05) is 0 Å². The molecule has 2 nitrogen and oxygen atoms in total. The number of aromatic nitrogens is 2. The zero-order valence-corrected chi connectivity index (χ0v) is 28.6. The number of fused-ring (bicyclic) bond motifs is 9. The van der Waals surface area contributed by atoms with Crippen molar-refractivity contribution in [3.63, 3.8) is 0 Å². The van der Waals surface area contributed by atoms with Crippen LogP contribution in [0, 0.1) is 0 Å². The van der Waals surface area contributed by atoms with Crippen LogP contribution in [0.2, 0.25) is 0 Å². The molecule has 0 N–H and O–H groups in total. The summed E-state index contributed by atoms with van der Waals surface area (Å²) in [6, 6.07) is 41.9. The van der Waals surface area contributed by atoms with Crippen LogP contribution < -0.4 is 0 Å². The third-order valence-corrected chi connectivity index (χ3v) is 12.1. The summed E-state index contributed by atoms with van der Waals surface area (Å²) >= 11 is 1.93. The summed E-state index contributed by atoms with van der Waals surface area (Å²) in [6.45, 7) is 2.37. The number of allylic oxidation sites excluding steroid dienone is 5. The second-order valence-electron chi connectivity index (χ2n) is 14.0. The minimum absolute atomic E-state index is 0.0683. The van der Waals surface area contributed by atoms with Gasteiger partial charge in [0.25, 0.3) is 0 Å². The average molecular weight is 659 g/mol. The quantitative estimate of drug-likeness (QED) is 0.176. The smallest absolute Gasteiger partial charge is 0.0979 e. The molecule has 0 amide bonds. The molecule has 0 saturated heterocycles. The highest BCUT2D eigenvalue weighted by molar-refractivity contribution is 7.20. The Bertz CT molecular complexity index is 2700. The zero-order valence-electron chi connectivity index (χ0n) is 27.8. The van der Waals surface area contributed by atoms with Gasteiger partial charge in [-0.25, -0.2) is 4.98 Å². The first-order chi connectivity index (χ1) is 24.6. The normalized spacial score (nSPS) is 18.4. The fraction of sp³-hybridized carbons (Fsp3) is 0.106. The van der Waals surface area contributed by atoms with E-state index in [4.69, 9.17) is 9.97 Å². The summed E-state index contributed by atoms with van der Waals surface area (Å²) < 4.78 is 1.36. The van der Waals surface area contributed by atoms with E-state index in [-0.39, 0.29) is 5.41 Å². The molecule has 2 atom stereocenters. The summed E-state index contributed by atoms with van der Waals surface area (Å²) in [4.78, 5) is 11.8. The lowest BCUT2D eigenvalue weighted by atomic mass is 9.75. The van der Waals surface area contributed by atoms with Gasteiger partial charge in [0.2, 0.25) is 0 Å². The van der Waals surface area contributed by atoms with Gasteiger partial charge < -0.3 is 0 Å². The molecule has 2 unspecified atom stereocenters. The van der Waals surface area contributed by atoms with E-state index in [1.54, 1.807) is 0 Å².